The highest BCUT2D eigenvalue weighted by Gasteiger charge is 2.16. The van der Waals surface area contributed by atoms with Gasteiger partial charge >= 0.3 is 0 Å². The summed E-state index contributed by atoms with van der Waals surface area (Å²) in [5, 5.41) is 0.446. The molecule has 23 heavy (non-hydrogen) atoms. The van der Waals surface area contributed by atoms with Gasteiger partial charge in [0.1, 0.15) is 5.15 Å². The van der Waals surface area contributed by atoms with Crippen molar-refractivity contribution >= 4 is 28.6 Å². The highest BCUT2D eigenvalue weighted by atomic mass is 35.5. The Morgan fingerprint density at radius 3 is 2.78 bits per heavy atom. The van der Waals surface area contributed by atoms with Crippen LogP contribution in [-0.2, 0) is 11.8 Å². The molecule has 1 aliphatic rings. The number of anilines is 1. The lowest BCUT2D eigenvalue weighted by Gasteiger charge is -2.27. The second-order valence-corrected chi connectivity index (χ2v) is 5.92. The lowest BCUT2D eigenvalue weighted by atomic mass is 10.1. The minimum absolute atomic E-state index is 0.446. The van der Waals surface area contributed by atoms with E-state index < -0.39 is 0 Å². The van der Waals surface area contributed by atoms with Crippen LogP contribution in [0.15, 0.2) is 30.6 Å². The zero-order chi connectivity index (χ0) is 15.8. The second kappa shape index (κ2) is 5.79. The molecule has 0 amide bonds. The number of hydrogen-bond donors (Lipinski definition) is 0. The number of aromatic nitrogens is 4. The normalized spacial score (nSPS) is 15.3. The largest absolute Gasteiger partial charge is 0.378 e. The molecule has 0 atom stereocenters. The maximum atomic E-state index is 6.22. The van der Waals surface area contributed by atoms with Crippen molar-refractivity contribution in [1.29, 1.82) is 0 Å². The molecule has 1 aliphatic heterocycles. The van der Waals surface area contributed by atoms with Gasteiger partial charge in [-0.3, -0.25) is 0 Å². The predicted molar refractivity (Wildman–Crippen MR) is 89.8 cm³/mol. The summed E-state index contributed by atoms with van der Waals surface area (Å²) in [5.41, 5.74) is 3.84. The molecule has 1 saturated heterocycles. The molecule has 6 nitrogen and oxygen atoms in total. The lowest BCUT2D eigenvalue weighted by Crippen LogP contribution is -2.37. The highest BCUT2D eigenvalue weighted by molar-refractivity contribution is 6.29. The monoisotopic (exact) mass is 329 g/mol. The van der Waals surface area contributed by atoms with E-state index in [-0.39, 0.29) is 0 Å². The third-order valence-corrected chi connectivity index (χ3v) is 4.19. The Bertz CT molecular complexity index is 857. The van der Waals surface area contributed by atoms with Crippen molar-refractivity contribution < 1.29 is 4.74 Å². The van der Waals surface area contributed by atoms with Crippen molar-refractivity contribution in [3.63, 3.8) is 0 Å². The van der Waals surface area contributed by atoms with Gasteiger partial charge in [-0.15, -0.1) is 0 Å². The summed E-state index contributed by atoms with van der Waals surface area (Å²) in [5.74, 6) is 0.654. The van der Waals surface area contributed by atoms with E-state index >= 15 is 0 Å². The number of rotatable bonds is 2. The standard InChI is InChI=1S/C16H16ClN5O/c1-21-10-18-12-3-2-11(8-14(12)21)13-9-15(17)20-16(19-13)22-4-6-23-7-5-22/h2-3,8-10H,4-7H2,1H3. The molecule has 0 bridgehead atoms. The van der Waals surface area contributed by atoms with Crippen LogP contribution in [0.5, 0.6) is 0 Å². The summed E-state index contributed by atoms with van der Waals surface area (Å²) < 4.78 is 7.37. The van der Waals surface area contributed by atoms with Crippen molar-refractivity contribution in [2.24, 2.45) is 7.05 Å². The van der Waals surface area contributed by atoms with E-state index in [2.05, 4.69) is 20.9 Å². The number of nitrogens with zero attached hydrogens (tertiary/aromatic N) is 5. The van der Waals surface area contributed by atoms with Crippen molar-refractivity contribution in [2.45, 2.75) is 0 Å². The summed E-state index contributed by atoms with van der Waals surface area (Å²) in [6.45, 7) is 2.93. The molecule has 3 heterocycles. The van der Waals surface area contributed by atoms with Crippen LogP contribution in [0.4, 0.5) is 5.95 Å². The summed E-state index contributed by atoms with van der Waals surface area (Å²) in [6, 6.07) is 7.87. The first-order valence-electron chi connectivity index (χ1n) is 7.49. The molecule has 0 spiro atoms. The molecule has 3 aromatic rings. The van der Waals surface area contributed by atoms with Gasteiger partial charge in [-0.1, -0.05) is 17.7 Å². The molecule has 1 aromatic carbocycles. The van der Waals surface area contributed by atoms with Gasteiger partial charge in [0.25, 0.3) is 0 Å². The first kappa shape index (κ1) is 14.4. The number of imidazole rings is 1. The number of benzene rings is 1. The van der Waals surface area contributed by atoms with E-state index in [1.165, 1.54) is 0 Å². The van der Waals surface area contributed by atoms with Crippen LogP contribution >= 0.6 is 11.6 Å². The van der Waals surface area contributed by atoms with E-state index in [0.29, 0.717) is 24.3 Å². The maximum absolute atomic E-state index is 6.22. The molecule has 0 aliphatic carbocycles. The molecule has 0 radical (unpaired) electrons. The van der Waals surface area contributed by atoms with E-state index in [4.69, 9.17) is 21.3 Å². The van der Waals surface area contributed by atoms with Crippen LogP contribution in [-0.4, -0.2) is 45.8 Å². The molecular weight excluding hydrogens is 314 g/mol. The smallest absolute Gasteiger partial charge is 0.227 e. The van der Waals surface area contributed by atoms with Gasteiger partial charge in [-0.25, -0.2) is 15.0 Å². The molecule has 4 rings (SSSR count). The van der Waals surface area contributed by atoms with E-state index in [0.717, 1.165) is 35.4 Å². The quantitative estimate of drug-likeness (QED) is 0.676. The first-order valence-corrected chi connectivity index (χ1v) is 7.87. The first-order chi connectivity index (χ1) is 11.2. The topological polar surface area (TPSA) is 56.1 Å². The Hall–Kier alpha value is -2.18. The number of halogens is 1. The average Bonchev–Trinajstić information content (AvgIpc) is 2.96. The summed E-state index contributed by atoms with van der Waals surface area (Å²) >= 11 is 6.22. The minimum Gasteiger partial charge on any atom is -0.378 e. The van der Waals surface area contributed by atoms with E-state index in [1.54, 1.807) is 12.4 Å². The van der Waals surface area contributed by atoms with Crippen LogP contribution < -0.4 is 4.90 Å². The third-order valence-electron chi connectivity index (χ3n) is 4.00. The molecule has 118 valence electrons. The van der Waals surface area contributed by atoms with Gasteiger partial charge in [0.15, 0.2) is 0 Å². The number of ether oxygens (including phenoxy) is 1. The van der Waals surface area contributed by atoms with Crippen LogP contribution in [0.25, 0.3) is 22.3 Å². The van der Waals surface area contributed by atoms with Crippen LogP contribution in [0.2, 0.25) is 5.15 Å². The minimum atomic E-state index is 0.446. The average molecular weight is 330 g/mol. The van der Waals surface area contributed by atoms with Crippen LogP contribution in [0, 0.1) is 0 Å². The summed E-state index contributed by atoms with van der Waals surface area (Å²) in [7, 11) is 1.98. The van der Waals surface area contributed by atoms with Gasteiger partial charge in [-0.05, 0) is 12.1 Å². The van der Waals surface area contributed by atoms with Gasteiger partial charge in [0, 0.05) is 31.8 Å². The lowest BCUT2D eigenvalue weighted by molar-refractivity contribution is 0.122. The molecule has 2 aromatic heterocycles. The molecular formula is C16H16ClN5O. The van der Waals surface area contributed by atoms with Gasteiger partial charge in [0.2, 0.25) is 5.95 Å². The second-order valence-electron chi connectivity index (χ2n) is 5.53. The zero-order valence-electron chi connectivity index (χ0n) is 12.7. The predicted octanol–water partition coefficient (Wildman–Crippen LogP) is 2.52. The fourth-order valence-electron chi connectivity index (χ4n) is 2.74. The molecule has 0 saturated carbocycles. The maximum Gasteiger partial charge on any atom is 0.227 e. The fourth-order valence-corrected chi connectivity index (χ4v) is 2.92. The third kappa shape index (κ3) is 2.75. The van der Waals surface area contributed by atoms with Crippen LogP contribution in [0.3, 0.4) is 0 Å². The Morgan fingerprint density at radius 1 is 1.13 bits per heavy atom. The van der Waals surface area contributed by atoms with Crippen molar-refractivity contribution in [1.82, 2.24) is 19.5 Å². The number of hydrogen-bond acceptors (Lipinski definition) is 5. The van der Waals surface area contributed by atoms with Gasteiger partial charge < -0.3 is 14.2 Å². The van der Waals surface area contributed by atoms with Gasteiger partial charge in [-0.2, -0.15) is 0 Å². The highest BCUT2D eigenvalue weighted by Crippen LogP contribution is 2.26. The molecule has 7 heteroatoms. The van der Waals surface area contributed by atoms with Crippen molar-refractivity contribution in [2.75, 3.05) is 31.2 Å². The molecule has 0 N–H and O–H groups in total. The molecule has 1 fully saturated rings. The number of aryl methyl sites for hydroxylation is 1. The van der Waals surface area contributed by atoms with Gasteiger partial charge in [0.05, 0.1) is 36.3 Å². The van der Waals surface area contributed by atoms with Crippen molar-refractivity contribution in [3.05, 3.63) is 35.7 Å². The Balaban J connectivity index is 1.77. The van der Waals surface area contributed by atoms with Crippen LogP contribution in [0.1, 0.15) is 0 Å². The van der Waals surface area contributed by atoms with E-state index in [9.17, 15) is 0 Å². The van der Waals surface area contributed by atoms with E-state index in [1.807, 2.05) is 23.7 Å². The Labute approximate surface area is 138 Å². The Kier molecular flexibility index (Phi) is 3.63. The SMILES string of the molecule is Cn1cnc2ccc(-c3cc(Cl)nc(N4CCOCC4)n3)cc21. The summed E-state index contributed by atoms with van der Waals surface area (Å²) in [6.07, 6.45) is 1.81. The van der Waals surface area contributed by atoms with Crippen molar-refractivity contribution in [3.8, 4) is 11.3 Å². The number of morpholine rings is 1. The zero-order valence-corrected chi connectivity index (χ0v) is 13.5. The summed E-state index contributed by atoms with van der Waals surface area (Å²) in [4.78, 5) is 15.5. The molecule has 0 unspecified atom stereocenters. The Morgan fingerprint density at radius 2 is 1.96 bits per heavy atom. The number of fused-ring (bicyclic) bond motifs is 1. The fraction of sp³-hybridized carbons (Fsp3) is 0.312.